The predicted molar refractivity (Wildman–Crippen MR) is 62.2 cm³/mol. The van der Waals surface area contributed by atoms with Gasteiger partial charge in [-0.05, 0) is 18.2 Å². The highest BCUT2D eigenvalue weighted by molar-refractivity contribution is 5.40. The summed E-state index contributed by atoms with van der Waals surface area (Å²) in [5.74, 6) is 0.239. The lowest BCUT2D eigenvalue weighted by Gasteiger charge is -2.14. The summed E-state index contributed by atoms with van der Waals surface area (Å²) in [4.78, 5) is 0. The molecule has 2 aromatic rings. The maximum absolute atomic E-state index is 13.2. The molecule has 0 saturated carbocycles. The largest absolute Gasteiger partial charge is 0.496 e. The number of aromatic nitrogens is 2. The van der Waals surface area contributed by atoms with Gasteiger partial charge >= 0.3 is 0 Å². The van der Waals surface area contributed by atoms with Crippen molar-refractivity contribution in [3.63, 3.8) is 0 Å². The first kappa shape index (κ1) is 11.6. The number of halogens is 1. The van der Waals surface area contributed by atoms with Crippen molar-refractivity contribution in [3.8, 4) is 5.75 Å². The van der Waals surface area contributed by atoms with Crippen LogP contribution >= 0.6 is 0 Å². The molecule has 0 spiro atoms. The first-order chi connectivity index (χ1) is 8.11. The molecule has 4 nitrogen and oxygen atoms in total. The van der Waals surface area contributed by atoms with E-state index in [2.05, 4.69) is 5.10 Å². The van der Waals surface area contributed by atoms with Crippen LogP contribution in [0.15, 0.2) is 30.6 Å². The minimum Gasteiger partial charge on any atom is -0.496 e. The lowest BCUT2D eigenvalue weighted by molar-refractivity contribution is 0.406. The average molecular weight is 235 g/mol. The van der Waals surface area contributed by atoms with Crippen LogP contribution in [0.25, 0.3) is 0 Å². The molecule has 1 aromatic carbocycles. The van der Waals surface area contributed by atoms with Crippen LogP contribution in [0.4, 0.5) is 4.39 Å². The van der Waals surface area contributed by atoms with Crippen LogP contribution in [0, 0.1) is 5.82 Å². The van der Waals surface area contributed by atoms with Crippen molar-refractivity contribution in [2.24, 2.45) is 12.8 Å². The highest BCUT2D eigenvalue weighted by Crippen LogP contribution is 2.28. The van der Waals surface area contributed by atoms with E-state index in [4.69, 9.17) is 10.5 Å². The third-order valence-electron chi connectivity index (χ3n) is 2.61. The molecule has 90 valence electrons. The fraction of sp³-hybridized carbons (Fsp3) is 0.250. The molecule has 1 atom stereocenters. The third-order valence-corrected chi connectivity index (χ3v) is 2.61. The second kappa shape index (κ2) is 4.55. The van der Waals surface area contributed by atoms with E-state index in [1.165, 1.54) is 19.2 Å². The monoisotopic (exact) mass is 235 g/mol. The number of ether oxygens (including phenoxy) is 1. The van der Waals surface area contributed by atoms with Gasteiger partial charge in [-0.25, -0.2) is 4.39 Å². The van der Waals surface area contributed by atoms with Crippen LogP contribution in [0.2, 0.25) is 0 Å². The molecule has 1 heterocycles. The lowest BCUT2D eigenvalue weighted by Crippen LogP contribution is -2.12. The Kier molecular flexibility index (Phi) is 3.10. The normalized spacial score (nSPS) is 12.5. The summed E-state index contributed by atoms with van der Waals surface area (Å²) in [7, 11) is 3.34. The highest BCUT2D eigenvalue weighted by Gasteiger charge is 2.16. The van der Waals surface area contributed by atoms with Gasteiger partial charge in [-0.2, -0.15) is 5.10 Å². The molecule has 0 saturated heterocycles. The smallest absolute Gasteiger partial charge is 0.124 e. The number of hydrogen-bond acceptors (Lipinski definition) is 3. The van der Waals surface area contributed by atoms with Gasteiger partial charge in [0.15, 0.2) is 0 Å². The molecule has 0 aliphatic carbocycles. The molecule has 0 aliphatic rings. The number of benzene rings is 1. The SMILES string of the molecule is COc1ccc(F)cc1C(N)c1cnn(C)c1. The Morgan fingerprint density at radius 3 is 2.82 bits per heavy atom. The van der Waals surface area contributed by atoms with Crippen LogP contribution in [0.1, 0.15) is 17.2 Å². The molecule has 0 fully saturated rings. The quantitative estimate of drug-likeness (QED) is 0.879. The Hall–Kier alpha value is -1.88. The van der Waals surface area contributed by atoms with E-state index in [0.29, 0.717) is 11.3 Å². The van der Waals surface area contributed by atoms with Gasteiger partial charge in [0.1, 0.15) is 11.6 Å². The maximum Gasteiger partial charge on any atom is 0.124 e. The number of nitrogens with two attached hydrogens (primary N) is 1. The van der Waals surface area contributed by atoms with E-state index in [0.717, 1.165) is 5.56 Å². The van der Waals surface area contributed by atoms with Crippen LogP contribution in [0.5, 0.6) is 5.75 Å². The Bertz CT molecular complexity index is 524. The molecular formula is C12H14FN3O. The van der Waals surface area contributed by atoms with Crippen molar-refractivity contribution in [1.29, 1.82) is 0 Å². The summed E-state index contributed by atoms with van der Waals surface area (Å²) in [6.07, 6.45) is 3.46. The highest BCUT2D eigenvalue weighted by atomic mass is 19.1. The van der Waals surface area contributed by atoms with Crippen molar-refractivity contribution >= 4 is 0 Å². The molecule has 0 bridgehead atoms. The molecule has 2 rings (SSSR count). The van der Waals surface area contributed by atoms with E-state index in [1.54, 1.807) is 30.2 Å². The Morgan fingerprint density at radius 2 is 2.24 bits per heavy atom. The number of aryl methyl sites for hydroxylation is 1. The summed E-state index contributed by atoms with van der Waals surface area (Å²) in [5.41, 5.74) is 7.50. The molecule has 17 heavy (non-hydrogen) atoms. The van der Waals surface area contributed by atoms with Crippen molar-refractivity contribution < 1.29 is 9.13 Å². The van der Waals surface area contributed by atoms with Gasteiger partial charge < -0.3 is 10.5 Å². The summed E-state index contributed by atoms with van der Waals surface area (Å²) >= 11 is 0. The minimum atomic E-state index is -0.450. The molecule has 5 heteroatoms. The van der Waals surface area contributed by atoms with Gasteiger partial charge in [0.25, 0.3) is 0 Å². The summed E-state index contributed by atoms with van der Waals surface area (Å²) in [6.45, 7) is 0. The van der Waals surface area contributed by atoms with Crippen molar-refractivity contribution in [2.75, 3.05) is 7.11 Å². The molecule has 0 radical (unpaired) electrons. The minimum absolute atomic E-state index is 0.333. The van der Waals surface area contributed by atoms with E-state index in [-0.39, 0.29) is 5.82 Å². The van der Waals surface area contributed by atoms with E-state index in [9.17, 15) is 4.39 Å². The molecule has 0 amide bonds. The fourth-order valence-electron chi connectivity index (χ4n) is 1.73. The zero-order valence-corrected chi connectivity index (χ0v) is 9.72. The predicted octanol–water partition coefficient (Wildman–Crippen LogP) is 1.62. The number of methoxy groups -OCH3 is 1. The topological polar surface area (TPSA) is 53.1 Å². The molecule has 0 aliphatic heterocycles. The van der Waals surface area contributed by atoms with Gasteiger partial charge in [-0.1, -0.05) is 0 Å². The number of hydrogen-bond donors (Lipinski definition) is 1. The maximum atomic E-state index is 13.2. The summed E-state index contributed by atoms with van der Waals surface area (Å²) in [6, 6.07) is 3.85. The Morgan fingerprint density at radius 1 is 1.47 bits per heavy atom. The first-order valence-electron chi connectivity index (χ1n) is 5.19. The van der Waals surface area contributed by atoms with Gasteiger partial charge in [0.05, 0.1) is 19.3 Å². The lowest BCUT2D eigenvalue weighted by atomic mass is 10.0. The third kappa shape index (κ3) is 2.29. The summed E-state index contributed by atoms with van der Waals surface area (Å²) < 4.78 is 20.1. The molecule has 1 aromatic heterocycles. The van der Waals surface area contributed by atoms with Crippen LogP contribution < -0.4 is 10.5 Å². The van der Waals surface area contributed by atoms with Crippen molar-refractivity contribution in [3.05, 3.63) is 47.5 Å². The molecule has 1 unspecified atom stereocenters. The van der Waals surface area contributed by atoms with Crippen LogP contribution in [0.3, 0.4) is 0 Å². The van der Waals surface area contributed by atoms with Crippen LogP contribution in [-0.4, -0.2) is 16.9 Å². The van der Waals surface area contributed by atoms with Gasteiger partial charge in [0.2, 0.25) is 0 Å². The zero-order chi connectivity index (χ0) is 12.4. The average Bonchev–Trinajstić information content (AvgIpc) is 2.75. The second-order valence-electron chi connectivity index (χ2n) is 3.81. The molecule has 2 N–H and O–H groups in total. The van der Waals surface area contributed by atoms with Crippen LogP contribution in [-0.2, 0) is 7.05 Å². The van der Waals surface area contributed by atoms with Gasteiger partial charge in [0, 0.05) is 24.4 Å². The van der Waals surface area contributed by atoms with Crippen molar-refractivity contribution in [1.82, 2.24) is 9.78 Å². The van der Waals surface area contributed by atoms with Crippen molar-refractivity contribution in [2.45, 2.75) is 6.04 Å². The summed E-state index contributed by atoms with van der Waals surface area (Å²) in [5, 5.41) is 4.04. The Labute approximate surface area is 98.8 Å². The van der Waals surface area contributed by atoms with E-state index >= 15 is 0 Å². The fourth-order valence-corrected chi connectivity index (χ4v) is 1.73. The standard InChI is InChI=1S/C12H14FN3O/c1-16-7-8(6-15-16)12(14)10-5-9(13)3-4-11(10)17-2/h3-7,12H,14H2,1-2H3. The van der Waals surface area contributed by atoms with Gasteiger partial charge in [-0.3, -0.25) is 4.68 Å². The van der Waals surface area contributed by atoms with E-state index in [1.807, 2.05) is 0 Å². The van der Waals surface area contributed by atoms with Gasteiger partial charge in [-0.15, -0.1) is 0 Å². The molecular weight excluding hydrogens is 221 g/mol. The zero-order valence-electron chi connectivity index (χ0n) is 9.72. The Balaban J connectivity index is 2.42. The van der Waals surface area contributed by atoms with E-state index < -0.39 is 6.04 Å². The second-order valence-corrected chi connectivity index (χ2v) is 3.81. The number of nitrogens with zero attached hydrogens (tertiary/aromatic N) is 2. The number of rotatable bonds is 3. The first-order valence-corrected chi connectivity index (χ1v) is 5.19.